The summed E-state index contributed by atoms with van der Waals surface area (Å²) in [5.41, 5.74) is 0.0879. The van der Waals surface area contributed by atoms with Gasteiger partial charge in [0.25, 0.3) is 0 Å². The van der Waals surface area contributed by atoms with Gasteiger partial charge in [0, 0.05) is 0 Å². The van der Waals surface area contributed by atoms with Gasteiger partial charge in [-0.2, -0.15) is 0 Å². The summed E-state index contributed by atoms with van der Waals surface area (Å²) in [6.07, 6.45) is 10.8. The molecule has 4 unspecified atom stereocenters. The van der Waals surface area contributed by atoms with Crippen molar-refractivity contribution in [2.24, 2.45) is 17.3 Å². The van der Waals surface area contributed by atoms with Crippen molar-refractivity contribution in [1.82, 2.24) is 0 Å². The molecule has 0 aliphatic heterocycles. The number of hydrogen-bond donors (Lipinski definition) is 2. The maximum absolute atomic E-state index is 10.4. The van der Waals surface area contributed by atoms with Crippen LogP contribution >= 0.6 is 15.9 Å². The van der Waals surface area contributed by atoms with Gasteiger partial charge in [0.05, 0.1) is 11.2 Å². The molecule has 2 aliphatic carbocycles. The lowest BCUT2D eigenvalue weighted by molar-refractivity contribution is -0.124. The quantitative estimate of drug-likeness (QED) is 0.479. The highest BCUT2D eigenvalue weighted by Gasteiger charge is 2.48. The molecule has 0 radical (unpaired) electrons. The topological polar surface area (TPSA) is 40.5 Å². The van der Waals surface area contributed by atoms with Crippen molar-refractivity contribution < 1.29 is 10.2 Å². The molecule has 2 nitrogen and oxygen atoms in total. The summed E-state index contributed by atoms with van der Waals surface area (Å²) in [5.74, 6) is 1.60. The van der Waals surface area contributed by atoms with Gasteiger partial charge < -0.3 is 10.2 Å². The van der Waals surface area contributed by atoms with Gasteiger partial charge in [-0.3, -0.25) is 0 Å². The first-order valence-corrected chi connectivity index (χ1v) is 11.3. The van der Waals surface area contributed by atoms with E-state index in [2.05, 4.69) is 27.8 Å². The minimum atomic E-state index is -1.03. The molecule has 4 atom stereocenters. The number of rotatable bonds is 6. The van der Waals surface area contributed by atoms with Crippen LogP contribution in [0.4, 0.5) is 0 Å². The summed E-state index contributed by atoms with van der Waals surface area (Å²) in [6, 6.07) is 0. The van der Waals surface area contributed by atoms with E-state index < -0.39 is 11.2 Å². The van der Waals surface area contributed by atoms with Crippen LogP contribution in [0.2, 0.25) is 0 Å². The van der Waals surface area contributed by atoms with Gasteiger partial charge in [0.2, 0.25) is 0 Å². The summed E-state index contributed by atoms with van der Waals surface area (Å²) in [5, 5.41) is 20.4. The zero-order valence-electron chi connectivity index (χ0n) is 17.4. The molecule has 0 amide bonds. The maximum Gasteiger partial charge on any atom is 0.0900 e. The molecule has 0 bridgehead atoms. The average molecular weight is 417 g/mol. The summed E-state index contributed by atoms with van der Waals surface area (Å²) in [6.45, 7) is 11.7. The Labute approximate surface area is 164 Å². The van der Waals surface area contributed by atoms with Crippen LogP contribution in [-0.4, -0.2) is 21.4 Å². The van der Waals surface area contributed by atoms with Crippen LogP contribution in [0.5, 0.6) is 0 Å². The number of hydrogen-bond acceptors (Lipinski definition) is 2. The minimum Gasteiger partial charge on any atom is -0.387 e. The van der Waals surface area contributed by atoms with E-state index in [9.17, 15) is 10.2 Å². The smallest absolute Gasteiger partial charge is 0.0900 e. The molecule has 2 aliphatic rings. The molecule has 0 aromatic carbocycles. The highest BCUT2D eigenvalue weighted by Crippen LogP contribution is 2.58. The summed E-state index contributed by atoms with van der Waals surface area (Å²) in [4.78, 5) is 2.19. The summed E-state index contributed by atoms with van der Waals surface area (Å²) >= 11 is 3.58. The minimum absolute atomic E-state index is 0.483. The molecular weight excluding hydrogens is 376 g/mol. The highest BCUT2D eigenvalue weighted by molar-refractivity contribution is 9.11. The van der Waals surface area contributed by atoms with Gasteiger partial charge in [-0.25, -0.2) is 0 Å². The average Bonchev–Trinajstić information content (AvgIpc) is 2.88. The van der Waals surface area contributed by atoms with E-state index in [0.717, 1.165) is 24.7 Å². The van der Waals surface area contributed by atoms with Gasteiger partial charge in [-0.1, -0.05) is 55.1 Å². The molecule has 3 heteroatoms. The second-order valence-corrected chi connectivity index (χ2v) is 9.41. The fourth-order valence-corrected chi connectivity index (χ4v) is 5.47. The van der Waals surface area contributed by atoms with E-state index in [1.165, 1.54) is 38.5 Å². The Morgan fingerprint density at radius 2 is 1.80 bits per heavy atom. The molecule has 0 heterocycles. The molecule has 0 saturated heterocycles. The Bertz CT molecular complexity index is 436. The lowest BCUT2D eigenvalue weighted by Gasteiger charge is -2.42. The van der Waals surface area contributed by atoms with E-state index in [0.29, 0.717) is 11.8 Å². The lowest BCUT2D eigenvalue weighted by Crippen LogP contribution is -2.47. The van der Waals surface area contributed by atoms with Crippen molar-refractivity contribution in [3.63, 3.8) is 0 Å². The third-order valence-corrected chi connectivity index (χ3v) is 7.67. The number of halogens is 1. The Balaban J connectivity index is 0.00000151. The zero-order valence-corrected chi connectivity index (χ0v) is 19.0. The first kappa shape index (κ1) is 23.2. The standard InChI is InChI=1S/C20H35BrO2.C2H6/c1-18(2,22)20(4,23)13-6-5-9-16-10-11-17-15(14-21)8-7-12-19(16,17)3;1-2/h14,16-17,22-23H,5-13H2,1-4H3;1-2H3/b15-14+;. The number of aliphatic hydroxyl groups is 2. The molecule has 0 spiro atoms. The lowest BCUT2D eigenvalue weighted by atomic mass is 9.63. The zero-order chi connectivity index (χ0) is 19.3. The highest BCUT2D eigenvalue weighted by atomic mass is 79.9. The van der Waals surface area contributed by atoms with E-state index in [-0.39, 0.29) is 0 Å². The second kappa shape index (κ2) is 9.37. The van der Waals surface area contributed by atoms with Gasteiger partial charge in [-0.05, 0) is 88.0 Å². The van der Waals surface area contributed by atoms with Crippen LogP contribution in [-0.2, 0) is 0 Å². The van der Waals surface area contributed by atoms with E-state index in [4.69, 9.17) is 0 Å². The van der Waals surface area contributed by atoms with E-state index in [1.54, 1.807) is 26.3 Å². The molecule has 2 fully saturated rings. The molecule has 0 aromatic heterocycles. The number of unbranched alkanes of at least 4 members (excludes halogenated alkanes) is 1. The van der Waals surface area contributed by atoms with E-state index >= 15 is 0 Å². The third-order valence-electron chi connectivity index (χ3n) is 7.09. The molecule has 2 rings (SSSR count). The fraction of sp³-hybridized carbons (Fsp3) is 0.909. The van der Waals surface area contributed by atoms with Gasteiger partial charge in [-0.15, -0.1) is 0 Å². The first-order chi connectivity index (χ1) is 11.6. The monoisotopic (exact) mass is 416 g/mol. The van der Waals surface area contributed by atoms with Crippen LogP contribution in [0.25, 0.3) is 0 Å². The maximum atomic E-state index is 10.4. The largest absolute Gasteiger partial charge is 0.387 e. The molecule has 148 valence electrons. The predicted octanol–water partition coefficient (Wildman–Crippen LogP) is 6.59. The Kier molecular flexibility index (Phi) is 8.69. The van der Waals surface area contributed by atoms with Crippen molar-refractivity contribution in [2.75, 3.05) is 0 Å². The van der Waals surface area contributed by atoms with Crippen LogP contribution in [0.15, 0.2) is 10.6 Å². The SMILES string of the molecule is CC.CC12CCC/C(=C\Br)C1CCC2CCCCC(C)(O)C(C)(C)O. The van der Waals surface area contributed by atoms with Crippen LogP contribution in [0, 0.1) is 17.3 Å². The predicted molar refractivity (Wildman–Crippen MR) is 112 cm³/mol. The van der Waals surface area contributed by atoms with Gasteiger partial charge >= 0.3 is 0 Å². The normalized spacial score (nSPS) is 33.4. The molecule has 2 N–H and O–H groups in total. The summed E-state index contributed by atoms with van der Waals surface area (Å²) in [7, 11) is 0. The van der Waals surface area contributed by atoms with E-state index in [1.807, 2.05) is 13.8 Å². The molecule has 25 heavy (non-hydrogen) atoms. The molecule has 2 saturated carbocycles. The number of fused-ring (bicyclic) bond motifs is 1. The Morgan fingerprint density at radius 3 is 2.36 bits per heavy atom. The second-order valence-electron chi connectivity index (χ2n) is 8.95. The van der Waals surface area contributed by atoms with Crippen molar-refractivity contribution in [2.45, 2.75) is 111 Å². The first-order valence-electron chi connectivity index (χ1n) is 10.4. The van der Waals surface area contributed by atoms with Crippen molar-refractivity contribution >= 4 is 15.9 Å². The van der Waals surface area contributed by atoms with Crippen molar-refractivity contribution in [3.8, 4) is 0 Å². The Morgan fingerprint density at radius 1 is 1.16 bits per heavy atom. The van der Waals surface area contributed by atoms with Crippen LogP contribution < -0.4 is 0 Å². The van der Waals surface area contributed by atoms with Gasteiger partial charge in [0.15, 0.2) is 0 Å². The molecule has 0 aromatic rings. The van der Waals surface area contributed by atoms with Crippen molar-refractivity contribution in [1.29, 1.82) is 0 Å². The third kappa shape index (κ3) is 5.32. The molecular formula is C22H41BrO2. The van der Waals surface area contributed by atoms with Crippen LogP contribution in [0.1, 0.15) is 99.3 Å². The fourth-order valence-electron chi connectivity index (χ4n) is 4.92. The number of allylic oxidation sites excluding steroid dienone is 1. The van der Waals surface area contributed by atoms with Crippen molar-refractivity contribution in [3.05, 3.63) is 10.6 Å². The van der Waals surface area contributed by atoms with Crippen LogP contribution in [0.3, 0.4) is 0 Å². The van der Waals surface area contributed by atoms with Gasteiger partial charge in [0.1, 0.15) is 0 Å². The Hall–Kier alpha value is 0.140. The summed E-state index contributed by atoms with van der Waals surface area (Å²) < 4.78 is 0.